The highest BCUT2D eigenvalue weighted by Crippen LogP contribution is 2.43. The Morgan fingerprint density at radius 2 is 2.17 bits per heavy atom. The maximum Gasteiger partial charge on any atom is 0.255 e. The highest BCUT2D eigenvalue weighted by Gasteiger charge is 2.29. The van der Waals surface area contributed by atoms with Crippen molar-refractivity contribution in [2.24, 2.45) is 12.8 Å². The first-order chi connectivity index (χ1) is 11.5. The topological polar surface area (TPSA) is 99.2 Å². The van der Waals surface area contributed by atoms with E-state index in [0.717, 1.165) is 22.6 Å². The van der Waals surface area contributed by atoms with Gasteiger partial charge in [-0.15, -0.1) is 11.8 Å². The number of nitrogens with two attached hydrogens (primary N) is 1. The monoisotopic (exact) mass is 346 g/mol. The zero-order chi connectivity index (χ0) is 17.3. The van der Waals surface area contributed by atoms with Gasteiger partial charge in [0.1, 0.15) is 11.6 Å². The number of aryl methyl sites for hydroxylation is 2. The molecular formula is C16H18N4O3S. The van der Waals surface area contributed by atoms with Crippen molar-refractivity contribution >= 4 is 29.4 Å². The van der Waals surface area contributed by atoms with Gasteiger partial charge in [-0.1, -0.05) is 12.1 Å². The van der Waals surface area contributed by atoms with Crippen LogP contribution < -0.4 is 15.8 Å². The van der Waals surface area contributed by atoms with Gasteiger partial charge in [0, 0.05) is 12.6 Å². The molecule has 1 aliphatic rings. The second-order valence-electron chi connectivity index (χ2n) is 5.53. The number of primary amides is 1. The lowest BCUT2D eigenvalue weighted by Gasteiger charge is -2.15. The van der Waals surface area contributed by atoms with Gasteiger partial charge in [0.15, 0.2) is 6.61 Å². The summed E-state index contributed by atoms with van der Waals surface area (Å²) in [4.78, 5) is 22.7. The standard InChI is InChI=1S/C16H18N4O3S/c1-9-14-15(24-8-13(22)18-16(14)20(2)19-9)10-3-5-11(6-4-10)23-7-12(17)21/h3-6,15H,7-8H2,1-2H3,(H2,17,21)(H,18,22)/t15-/m0/s1. The largest absolute Gasteiger partial charge is 0.484 e. The molecule has 0 aliphatic carbocycles. The van der Waals surface area contributed by atoms with E-state index < -0.39 is 5.91 Å². The lowest BCUT2D eigenvalue weighted by molar-refractivity contribution is -0.120. The second kappa shape index (κ2) is 6.56. The summed E-state index contributed by atoms with van der Waals surface area (Å²) in [5.74, 6) is 1.14. The third-order valence-electron chi connectivity index (χ3n) is 3.73. The highest BCUT2D eigenvalue weighted by molar-refractivity contribution is 8.00. The number of anilines is 1. The van der Waals surface area contributed by atoms with Gasteiger partial charge in [0.2, 0.25) is 5.91 Å². The van der Waals surface area contributed by atoms with Crippen LogP contribution in [0.3, 0.4) is 0 Å². The van der Waals surface area contributed by atoms with Crippen LogP contribution in [-0.2, 0) is 16.6 Å². The van der Waals surface area contributed by atoms with Crippen molar-refractivity contribution in [1.82, 2.24) is 9.78 Å². The van der Waals surface area contributed by atoms with Gasteiger partial charge in [-0.3, -0.25) is 14.3 Å². The molecule has 2 amide bonds. The lowest BCUT2D eigenvalue weighted by atomic mass is 10.0. The number of carbonyl (C=O) groups excluding carboxylic acids is 2. The van der Waals surface area contributed by atoms with Gasteiger partial charge in [0.05, 0.1) is 16.7 Å². The van der Waals surface area contributed by atoms with Crippen LogP contribution in [0, 0.1) is 6.92 Å². The van der Waals surface area contributed by atoms with Crippen molar-refractivity contribution in [2.75, 3.05) is 17.7 Å². The van der Waals surface area contributed by atoms with E-state index in [9.17, 15) is 9.59 Å². The first kappa shape index (κ1) is 16.4. The van der Waals surface area contributed by atoms with Crippen LogP contribution in [0.2, 0.25) is 0 Å². The van der Waals surface area contributed by atoms with Crippen LogP contribution in [0.5, 0.6) is 5.75 Å². The molecule has 0 saturated carbocycles. The van der Waals surface area contributed by atoms with Crippen LogP contribution in [0.25, 0.3) is 0 Å². The van der Waals surface area contributed by atoms with E-state index >= 15 is 0 Å². The Hall–Kier alpha value is -2.48. The fourth-order valence-corrected chi connectivity index (χ4v) is 3.89. The van der Waals surface area contributed by atoms with Crippen molar-refractivity contribution in [2.45, 2.75) is 12.2 Å². The molecule has 1 atom stereocenters. The summed E-state index contributed by atoms with van der Waals surface area (Å²) in [6.07, 6.45) is 0. The SMILES string of the molecule is Cc1nn(C)c2c1[C@H](c1ccc(OCC(N)=O)cc1)SCC(=O)N2. The van der Waals surface area contributed by atoms with E-state index in [1.807, 2.05) is 26.1 Å². The number of thioether (sulfide) groups is 1. The second-order valence-corrected chi connectivity index (χ2v) is 6.63. The maximum absolute atomic E-state index is 12.0. The molecule has 0 fully saturated rings. The van der Waals surface area contributed by atoms with Crippen molar-refractivity contribution in [3.8, 4) is 5.75 Å². The Kier molecular flexibility index (Phi) is 4.48. The number of rotatable bonds is 4. The molecule has 2 aromatic rings. The molecule has 0 unspecified atom stereocenters. The average molecular weight is 346 g/mol. The number of amides is 2. The van der Waals surface area contributed by atoms with Gasteiger partial charge < -0.3 is 15.8 Å². The zero-order valence-corrected chi connectivity index (χ0v) is 14.2. The molecule has 7 nitrogen and oxygen atoms in total. The van der Waals surface area contributed by atoms with Gasteiger partial charge in [0.25, 0.3) is 5.91 Å². The zero-order valence-electron chi connectivity index (χ0n) is 13.4. The Morgan fingerprint density at radius 3 is 2.83 bits per heavy atom. The third kappa shape index (κ3) is 3.23. The molecule has 1 aromatic carbocycles. The molecule has 0 radical (unpaired) electrons. The van der Waals surface area contributed by atoms with Gasteiger partial charge in [-0.2, -0.15) is 5.10 Å². The Bertz CT molecular complexity index is 785. The van der Waals surface area contributed by atoms with Crippen LogP contribution in [-0.4, -0.2) is 34.0 Å². The number of hydrogen-bond donors (Lipinski definition) is 2. The molecule has 3 rings (SSSR count). The van der Waals surface area contributed by atoms with Crippen LogP contribution >= 0.6 is 11.8 Å². The summed E-state index contributed by atoms with van der Waals surface area (Å²) in [6, 6.07) is 7.45. The van der Waals surface area contributed by atoms with Crippen LogP contribution in [0.15, 0.2) is 24.3 Å². The fraction of sp³-hybridized carbons (Fsp3) is 0.312. The fourth-order valence-electron chi connectivity index (χ4n) is 2.70. The Morgan fingerprint density at radius 1 is 1.46 bits per heavy atom. The summed E-state index contributed by atoms with van der Waals surface area (Å²) in [5.41, 5.74) is 8.02. The summed E-state index contributed by atoms with van der Waals surface area (Å²) < 4.78 is 6.98. The van der Waals surface area contributed by atoms with Crippen molar-refractivity contribution in [3.63, 3.8) is 0 Å². The number of hydrogen-bond acceptors (Lipinski definition) is 5. The minimum absolute atomic E-state index is 0.00200. The molecule has 8 heteroatoms. The molecule has 0 saturated heterocycles. The molecule has 0 bridgehead atoms. The molecule has 24 heavy (non-hydrogen) atoms. The van der Waals surface area contributed by atoms with Gasteiger partial charge in [-0.05, 0) is 24.6 Å². The van der Waals surface area contributed by atoms with Crippen molar-refractivity contribution < 1.29 is 14.3 Å². The highest BCUT2D eigenvalue weighted by atomic mass is 32.2. The molecule has 1 aromatic heterocycles. The van der Waals surface area contributed by atoms with Gasteiger partial charge >= 0.3 is 0 Å². The molecule has 0 spiro atoms. The van der Waals surface area contributed by atoms with Crippen molar-refractivity contribution in [1.29, 1.82) is 0 Å². The Labute approximate surface area is 143 Å². The van der Waals surface area contributed by atoms with Crippen LogP contribution in [0.1, 0.15) is 22.1 Å². The number of fused-ring (bicyclic) bond motifs is 1. The first-order valence-electron chi connectivity index (χ1n) is 7.41. The van der Waals surface area contributed by atoms with E-state index in [-0.39, 0.29) is 17.8 Å². The predicted molar refractivity (Wildman–Crippen MR) is 92.0 cm³/mol. The molecule has 2 heterocycles. The van der Waals surface area contributed by atoms with E-state index in [0.29, 0.717) is 11.5 Å². The van der Waals surface area contributed by atoms with E-state index in [1.54, 1.807) is 28.6 Å². The minimum Gasteiger partial charge on any atom is -0.484 e. The first-order valence-corrected chi connectivity index (χ1v) is 8.46. The minimum atomic E-state index is -0.515. The number of aromatic nitrogens is 2. The summed E-state index contributed by atoms with van der Waals surface area (Å²) in [5, 5.41) is 7.34. The quantitative estimate of drug-likeness (QED) is 0.871. The summed E-state index contributed by atoms with van der Waals surface area (Å²) >= 11 is 1.56. The number of nitrogens with one attached hydrogen (secondary N) is 1. The number of ether oxygens (including phenoxy) is 1. The van der Waals surface area contributed by atoms with E-state index in [1.165, 1.54) is 0 Å². The van der Waals surface area contributed by atoms with E-state index in [2.05, 4.69) is 10.4 Å². The smallest absolute Gasteiger partial charge is 0.255 e. The lowest BCUT2D eigenvalue weighted by Crippen LogP contribution is -2.19. The molecule has 3 N–H and O–H groups in total. The number of nitrogens with zero attached hydrogens (tertiary/aromatic N) is 2. The predicted octanol–water partition coefficient (Wildman–Crippen LogP) is 1.37. The normalized spacial score (nSPS) is 16.9. The molecule has 126 valence electrons. The number of benzene rings is 1. The number of carbonyl (C=O) groups is 2. The molecule has 1 aliphatic heterocycles. The van der Waals surface area contributed by atoms with Gasteiger partial charge in [-0.25, -0.2) is 0 Å². The van der Waals surface area contributed by atoms with Crippen LogP contribution in [0.4, 0.5) is 5.82 Å². The molecular weight excluding hydrogens is 328 g/mol. The summed E-state index contributed by atoms with van der Waals surface area (Å²) in [6.45, 7) is 1.79. The average Bonchev–Trinajstić information content (AvgIpc) is 2.72. The van der Waals surface area contributed by atoms with Crippen molar-refractivity contribution in [3.05, 3.63) is 41.1 Å². The Balaban J connectivity index is 1.91. The van der Waals surface area contributed by atoms with E-state index in [4.69, 9.17) is 10.5 Å². The summed E-state index contributed by atoms with van der Waals surface area (Å²) in [7, 11) is 1.82. The maximum atomic E-state index is 12.0. The third-order valence-corrected chi connectivity index (χ3v) is 5.00.